The third-order valence-corrected chi connectivity index (χ3v) is 2.02. The molecule has 0 aliphatic carbocycles. The number of aromatic nitrogens is 1. The van der Waals surface area contributed by atoms with Gasteiger partial charge >= 0.3 is 11.9 Å². The van der Waals surface area contributed by atoms with E-state index in [1.807, 2.05) is 0 Å². The molecule has 0 aliphatic heterocycles. The molecule has 0 unspecified atom stereocenters. The molecule has 0 saturated carbocycles. The van der Waals surface area contributed by atoms with E-state index >= 15 is 0 Å². The zero-order chi connectivity index (χ0) is 12.7. The lowest BCUT2D eigenvalue weighted by atomic mass is 10.1. The lowest BCUT2D eigenvalue weighted by Gasteiger charge is -2.04. The van der Waals surface area contributed by atoms with Gasteiger partial charge < -0.3 is 9.47 Å². The van der Waals surface area contributed by atoms with Gasteiger partial charge in [0.15, 0.2) is 0 Å². The molecule has 1 heterocycles. The number of pyridine rings is 1. The van der Waals surface area contributed by atoms with E-state index in [0.29, 0.717) is 5.69 Å². The van der Waals surface area contributed by atoms with Gasteiger partial charge in [0.2, 0.25) is 0 Å². The van der Waals surface area contributed by atoms with Crippen molar-refractivity contribution >= 4 is 18.0 Å². The van der Waals surface area contributed by atoms with Crippen molar-refractivity contribution in [2.45, 2.75) is 6.42 Å². The first-order valence-corrected chi connectivity index (χ1v) is 4.94. The van der Waals surface area contributed by atoms with E-state index in [4.69, 9.17) is 0 Å². The van der Waals surface area contributed by atoms with Gasteiger partial charge in [0.1, 0.15) is 0 Å². The van der Waals surface area contributed by atoms with Gasteiger partial charge in [0.25, 0.3) is 0 Å². The minimum atomic E-state index is -0.568. The number of nitrogens with zero attached hydrogens (tertiary/aromatic N) is 1. The SMILES string of the molecule is COC(=O)C/C(=C\c1ccccn1)C(=O)OC. The fraction of sp³-hybridized carbons (Fsp3) is 0.250. The van der Waals surface area contributed by atoms with Crippen LogP contribution in [0.25, 0.3) is 6.08 Å². The highest BCUT2D eigenvalue weighted by Gasteiger charge is 2.14. The molecule has 0 fully saturated rings. The molecular weight excluding hydrogens is 222 g/mol. The summed E-state index contributed by atoms with van der Waals surface area (Å²) in [5.41, 5.74) is 0.787. The molecule has 0 saturated heterocycles. The van der Waals surface area contributed by atoms with Gasteiger partial charge in [-0.15, -0.1) is 0 Å². The van der Waals surface area contributed by atoms with Crippen molar-refractivity contribution in [3.8, 4) is 0 Å². The summed E-state index contributed by atoms with van der Waals surface area (Å²) >= 11 is 0. The quantitative estimate of drug-likeness (QED) is 0.579. The molecule has 0 radical (unpaired) electrons. The fourth-order valence-electron chi connectivity index (χ4n) is 1.18. The summed E-state index contributed by atoms with van der Waals surface area (Å²) in [5, 5.41) is 0. The summed E-state index contributed by atoms with van der Waals surface area (Å²) in [7, 11) is 2.52. The van der Waals surface area contributed by atoms with E-state index in [2.05, 4.69) is 14.5 Å². The van der Waals surface area contributed by atoms with Gasteiger partial charge in [-0.2, -0.15) is 0 Å². The van der Waals surface area contributed by atoms with E-state index in [-0.39, 0.29) is 12.0 Å². The van der Waals surface area contributed by atoms with Crippen LogP contribution >= 0.6 is 0 Å². The van der Waals surface area contributed by atoms with E-state index < -0.39 is 11.9 Å². The van der Waals surface area contributed by atoms with Gasteiger partial charge in [-0.05, 0) is 18.2 Å². The number of methoxy groups -OCH3 is 2. The lowest BCUT2D eigenvalue weighted by Crippen LogP contribution is -2.11. The molecule has 1 aromatic rings. The molecule has 0 amide bonds. The summed E-state index contributed by atoms with van der Waals surface area (Å²) in [4.78, 5) is 26.6. The summed E-state index contributed by atoms with van der Waals surface area (Å²) in [6, 6.07) is 5.27. The van der Waals surface area contributed by atoms with Crippen LogP contribution in [0, 0.1) is 0 Å². The zero-order valence-electron chi connectivity index (χ0n) is 9.67. The number of carbonyl (C=O) groups is 2. The molecule has 0 aromatic carbocycles. The van der Waals surface area contributed by atoms with Crippen molar-refractivity contribution in [1.29, 1.82) is 0 Å². The van der Waals surface area contributed by atoms with E-state index in [1.54, 1.807) is 24.4 Å². The summed E-state index contributed by atoms with van der Waals surface area (Å²) in [6.45, 7) is 0. The number of ether oxygens (including phenoxy) is 2. The zero-order valence-corrected chi connectivity index (χ0v) is 9.67. The molecule has 0 atom stereocenters. The maximum Gasteiger partial charge on any atom is 0.334 e. The van der Waals surface area contributed by atoms with E-state index in [1.165, 1.54) is 20.3 Å². The second kappa shape index (κ2) is 6.42. The van der Waals surface area contributed by atoms with Gasteiger partial charge in [-0.3, -0.25) is 9.78 Å². The lowest BCUT2D eigenvalue weighted by molar-refractivity contribution is -0.143. The normalized spacial score (nSPS) is 10.8. The number of carbonyl (C=O) groups excluding carboxylic acids is 2. The van der Waals surface area contributed by atoms with Crippen LogP contribution in [0.15, 0.2) is 30.0 Å². The Labute approximate surface area is 99.1 Å². The average molecular weight is 235 g/mol. The highest BCUT2D eigenvalue weighted by Crippen LogP contribution is 2.10. The molecule has 1 rings (SSSR count). The molecular formula is C12H13NO4. The van der Waals surface area contributed by atoms with Crippen molar-refractivity contribution in [2.24, 2.45) is 0 Å². The van der Waals surface area contributed by atoms with E-state index in [0.717, 1.165) is 0 Å². The summed E-state index contributed by atoms with van der Waals surface area (Å²) in [6.07, 6.45) is 2.96. The van der Waals surface area contributed by atoms with Crippen molar-refractivity contribution in [3.05, 3.63) is 35.7 Å². The minimum absolute atomic E-state index is 0.139. The van der Waals surface area contributed by atoms with Crippen LogP contribution in [0.4, 0.5) is 0 Å². The van der Waals surface area contributed by atoms with Crippen molar-refractivity contribution in [3.63, 3.8) is 0 Å². The van der Waals surface area contributed by atoms with Crippen LogP contribution < -0.4 is 0 Å². The second-order valence-electron chi connectivity index (χ2n) is 3.17. The molecule has 0 N–H and O–H groups in total. The molecule has 1 aromatic heterocycles. The van der Waals surface area contributed by atoms with Crippen LogP contribution in [-0.4, -0.2) is 31.1 Å². The van der Waals surface area contributed by atoms with E-state index in [9.17, 15) is 9.59 Å². The van der Waals surface area contributed by atoms with Gasteiger partial charge in [-0.1, -0.05) is 6.07 Å². The van der Waals surface area contributed by atoms with Crippen LogP contribution in [0.5, 0.6) is 0 Å². The van der Waals surface area contributed by atoms with Crippen LogP contribution in [0.3, 0.4) is 0 Å². The maximum atomic E-state index is 11.4. The Hall–Kier alpha value is -2.17. The molecule has 90 valence electrons. The Morgan fingerprint density at radius 3 is 2.59 bits per heavy atom. The van der Waals surface area contributed by atoms with Crippen molar-refractivity contribution in [1.82, 2.24) is 4.98 Å². The van der Waals surface area contributed by atoms with Gasteiger partial charge in [-0.25, -0.2) is 4.79 Å². The number of hydrogen-bond acceptors (Lipinski definition) is 5. The summed E-state index contributed by atoms with van der Waals surface area (Å²) < 4.78 is 9.09. The highest BCUT2D eigenvalue weighted by atomic mass is 16.5. The molecule has 0 aliphatic rings. The summed E-state index contributed by atoms with van der Waals surface area (Å²) in [5.74, 6) is -1.07. The predicted molar refractivity (Wildman–Crippen MR) is 60.9 cm³/mol. The Bertz CT molecular complexity index is 425. The Morgan fingerprint density at radius 1 is 1.29 bits per heavy atom. The topological polar surface area (TPSA) is 65.5 Å². The van der Waals surface area contributed by atoms with Gasteiger partial charge in [0.05, 0.1) is 31.9 Å². The smallest absolute Gasteiger partial charge is 0.334 e. The van der Waals surface area contributed by atoms with Gasteiger partial charge in [0, 0.05) is 6.20 Å². The third-order valence-electron chi connectivity index (χ3n) is 2.02. The molecule has 5 nitrogen and oxygen atoms in total. The van der Waals surface area contributed by atoms with Crippen LogP contribution in [0.1, 0.15) is 12.1 Å². The maximum absolute atomic E-state index is 11.4. The average Bonchev–Trinajstić information content (AvgIpc) is 2.38. The monoisotopic (exact) mass is 235 g/mol. The molecule has 17 heavy (non-hydrogen) atoms. The first-order chi connectivity index (χ1) is 8.17. The Balaban J connectivity index is 2.94. The number of esters is 2. The van der Waals surface area contributed by atoms with Crippen molar-refractivity contribution < 1.29 is 19.1 Å². The largest absolute Gasteiger partial charge is 0.469 e. The second-order valence-corrected chi connectivity index (χ2v) is 3.17. The third kappa shape index (κ3) is 4.06. The predicted octanol–water partition coefficient (Wildman–Crippen LogP) is 1.20. The van der Waals surface area contributed by atoms with Crippen LogP contribution in [0.2, 0.25) is 0 Å². The highest BCUT2D eigenvalue weighted by molar-refractivity contribution is 5.97. The molecule has 0 spiro atoms. The first kappa shape index (κ1) is 12.9. The Kier molecular flexibility index (Phi) is 4.87. The minimum Gasteiger partial charge on any atom is -0.469 e. The van der Waals surface area contributed by atoms with Crippen molar-refractivity contribution in [2.75, 3.05) is 14.2 Å². The standard InChI is InChI=1S/C12H13NO4/c1-16-11(14)8-9(12(15)17-2)7-10-5-3-4-6-13-10/h3-7H,8H2,1-2H3/b9-7+. The Morgan fingerprint density at radius 2 is 2.06 bits per heavy atom. The number of hydrogen-bond donors (Lipinski definition) is 0. The first-order valence-electron chi connectivity index (χ1n) is 4.94. The number of rotatable bonds is 4. The fourth-order valence-corrected chi connectivity index (χ4v) is 1.18. The van der Waals surface area contributed by atoms with Crippen LogP contribution in [-0.2, 0) is 19.1 Å². The molecule has 0 bridgehead atoms. The molecule has 5 heteroatoms.